The number of rotatable bonds is 7. The first-order valence-electron chi connectivity index (χ1n) is 7.68. The van der Waals surface area contributed by atoms with Gasteiger partial charge in [0.2, 0.25) is 0 Å². The summed E-state index contributed by atoms with van der Waals surface area (Å²) >= 11 is 0. The molecule has 2 aromatic rings. The number of hydrogen-bond donors (Lipinski definition) is 1. The smallest absolute Gasteiger partial charge is 0.161 e. The van der Waals surface area contributed by atoms with E-state index in [1.54, 1.807) is 7.11 Å². The molecule has 22 heavy (non-hydrogen) atoms. The Morgan fingerprint density at radius 1 is 1.05 bits per heavy atom. The van der Waals surface area contributed by atoms with Crippen LogP contribution in [0.5, 0.6) is 11.5 Å². The van der Waals surface area contributed by atoms with Crippen LogP contribution in [0.1, 0.15) is 25.0 Å². The van der Waals surface area contributed by atoms with Gasteiger partial charge in [0.25, 0.3) is 0 Å². The molecule has 0 aromatic heterocycles. The Hall–Kier alpha value is -2.16. The van der Waals surface area contributed by atoms with Crippen LogP contribution < -0.4 is 14.8 Å². The number of hydrogen-bond acceptors (Lipinski definition) is 3. The number of benzene rings is 2. The molecule has 0 atom stereocenters. The van der Waals surface area contributed by atoms with Gasteiger partial charge in [0, 0.05) is 12.2 Å². The van der Waals surface area contributed by atoms with Crippen LogP contribution in [0, 0.1) is 12.8 Å². The van der Waals surface area contributed by atoms with Crippen molar-refractivity contribution in [3.63, 3.8) is 0 Å². The van der Waals surface area contributed by atoms with Gasteiger partial charge < -0.3 is 14.8 Å². The Morgan fingerprint density at radius 2 is 1.86 bits per heavy atom. The van der Waals surface area contributed by atoms with Crippen molar-refractivity contribution in [1.29, 1.82) is 0 Å². The zero-order chi connectivity index (χ0) is 15.9. The van der Waals surface area contributed by atoms with E-state index in [0.717, 1.165) is 29.3 Å². The third-order valence-corrected chi connectivity index (χ3v) is 3.31. The fourth-order valence-corrected chi connectivity index (χ4v) is 2.16. The molecule has 1 N–H and O–H groups in total. The zero-order valence-corrected chi connectivity index (χ0v) is 13.8. The maximum Gasteiger partial charge on any atom is 0.161 e. The predicted molar refractivity (Wildman–Crippen MR) is 91.8 cm³/mol. The second-order valence-corrected chi connectivity index (χ2v) is 5.91. The highest BCUT2D eigenvalue weighted by atomic mass is 16.5. The largest absolute Gasteiger partial charge is 0.493 e. The van der Waals surface area contributed by atoms with Gasteiger partial charge in [-0.2, -0.15) is 0 Å². The van der Waals surface area contributed by atoms with Gasteiger partial charge in [0.05, 0.1) is 13.7 Å². The van der Waals surface area contributed by atoms with Crippen molar-refractivity contribution >= 4 is 5.69 Å². The summed E-state index contributed by atoms with van der Waals surface area (Å²) in [5.41, 5.74) is 3.54. The van der Waals surface area contributed by atoms with Crippen molar-refractivity contribution in [1.82, 2.24) is 0 Å². The number of ether oxygens (including phenoxy) is 2. The highest BCUT2D eigenvalue weighted by molar-refractivity contribution is 5.48. The van der Waals surface area contributed by atoms with Crippen LogP contribution in [0.15, 0.2) is 42.5 Å². The molecule has 0 spiro atoms. The van der Waals surface area contributed by atoms with Gasteiger partial charge in [-0.15, -0.1) is 0 Å². The number of aryl methyl sites for hydroxylation is 1. The topological polar surface area (TPSA) is 30.5 Å². The monoisotopic (exact) mass is 299 g/mol. The van der Waals surface area contributed by atoms with Gasteiger partial charge in [0.15, 0.2) is 11.5 Å². The fourth-order valence-electron chi connectivity index (χ4n) is 2.16. The summed E-state index contributed by atoms with van der Waals surface area (Å²) in [4.78, 5) is 0. The van der Waals surface area contributed by atoms with Gasteiger partial charge in [-0.1, -0.05) is 32.0 Å². The first-order chi connectivity index (χ1) is 10.6. The molecule has 0 unspecified atom stereocenters. The highest BCUT2D eigenvalue weighted by Crippen LogP contribution is 2.28. The minimum Gasteiger partial charge on any atom is -0.493 e. The summed E-state index contributed by atoms with van der Waals surface area (Å²) in [7, 11) is 1.68. The van der Waals surface area contributed by atoms with Gasteiger partial charge in [0.1, 0.15) is 0 Å². The first-order valence-corrected chi connectivity index (χ1v) is 7.68. The summed E-state index contributed by atoms with van der Waals surface area (Å²) in [5, 5.41) is 3.43. The highest BCUT2D eigenvalue weighted by Gasteiger charge is 2.07. The maximum absolute atomic E-state index is 5.78. The van der Waals surface area contributed by atoms with Crippen molar-refractivity contribution < 1.29 is 9.47 Å². The molecule has 0 amide bonds. The Balaban J connectivity index is 2.02. The van der Waals surface area contributed by atoms with Crippen LogP contribution in [0.2, 0.25) is 0 Å². The lowest BCUT2D eigenvalue weighted by Crippen LogP contribution is -2.06. The molecule has 0 fully saturated rings. The molecule has 0 radical (unpaired) electrons. The van der Waals surface area contributed by atoms with Gasteiger partial charge in [-0.25, -0.2) is 0 Å². The molecule has 3 nitrogen and oxygen atoms in total. The molecule has 118 valence electrons. The number of methoxy groups -OCH3 is 1. The van der Waals surface area contributed by atoms with E-state index in [4.69, 9.17) is 9.47 Å². The van der Waals surface area contributed by atoms with E-state index in [0.29, 0.717) is 12.5 Å². The van der Waals surface area contributed by atoms with Crippen LogP contribution >= 0.6 is 0 Å². The molecular weight excluding hydrogens is 274 g/mol. The molecule has 0 saturated carbocycles. The van der Waals surface area contributed by atoms with Crippen molar-refractivity contribution in [3.8, 4) is 11.5 Å². The van der Waals surface area contributed by atoms with E-state index in [9.17, 15) is 0 Å². The molecular formula is C19H25NO2. The molecule has 0 saturated heterocycles. The molecule has 0 heterocycles. The summed E-state index contributed by atoms with van der Waals surface area (Å²) in [5.74, 6) is 2.08. The Morgan fingerprint density at radius 3 is 2.55 bits per heavy atom. The Kier molecular flexibility index (Phi) is 5.70. The second kappa shape index (κ2) is 7.74. The molecule has 0 aliphatic rings. The zero-order valence-electron chi connectivity index (χ0n) is 13.8. The molecule has 2 aromatic carbocycles. The summed E-state index contributed by atoms with van der Waals surface area (Å²) < 4.78 is 11.2. The lowest BCUT2D eigenvalue weighted by molar-refractivity contribution is 0.257. The lowest BCUT2D eigenvalue weighted by atomic mass is 10.1. The van der Waals surface area contributed by atoms with E-state index in [1.165, 1.54) is 5.56 Å². The lowest BCUT2D eigenvalue weighted by Gasteiger charge is -2.14. The molecule has 0 bridgehead atoms. The normalized spacial score (nSPS) is 10.6. The molecule has 0 aliphatic carbocycles. The first kappa shape index (κ1) is 16.2. The third kappa shape index (κ3) is 4.69. The quantitative estimate of drug-likeness (QED) is 0.807. The van der Waals surface area contributed by atoms with Crippen molar-refractivity contribution in [2.75, 3.05) is 19.0 Å². The minimum atomic E-state index is 0.493. The van der Waals surface area contributed by atoms with Crippen LogP contribution in [-0.4, -0.2) is 13.7 Å². The van der Waals surface area contributed by atoms with E-state index < -0.39 is 0 Å². The third-order valence-electron chi connectivity index (χ3n) is 3.31. The Bertz CT molecular complexity index is 608. The SMILES string of the molecule is COc1cc(CNc2cccc(C)c2)ccc1OCC(C)C. The second-order valence-electron chi connectivity index (χ2n) is 5.91. The fraction of sp³-hybridized carbons (Fsp3) is 0.368. The average Bonchev–Trinajstić information content (AvgIpc) is 2.51. The van der Waals surface area contributed by atoms with Crippen LogP contribution in [0.3, 0.4) is 0 Å². The van der Waals surface area contributed by atoms with E-state index in [-0.39, 0.29) is 0 Å². The van der Waals surface area contributed by atoms with Crippen molar-refractivity contribution in [2.24, 2.45) is 5.92 Å². The van der Waals surface area contributed by atoms with Crippen LogP contribution in [0.25, 0.3) is 0 Å². The standard InChI is InChI=1S/C19H25NO2/c1-14(2)13-22-18-9-8-16(11-19(18)21-4)12-20-17-7-5-6-15(3)10-17/h5-11,14,20H,12-13H2,1-4H3. The van der Waals surface area contributed by atoms with Crippen molar-refractivity contribution in [3.05, 3.63) is 53.6 Å². The van der Waals surface area contributed by atoms with Gasteiger partial charge in [-0.05, 0) is 48.2 Å². The van der Waals surface area contributed by atoms with Crippen LogP contribution in [0.4, 0.5) is 5.69 Å². The van der Waals surface area contributed by atoms with E-state index in [2.05, 4.69) is 56.4 Å². The van der Waals surface area contributed by atoms with E-state index >= 15 is 0 Å². The van der Waals surface area contributed by atoms with E-state index in [1.807, 2.05) is 12.1 Å². The maximum atomic E-state index is 5.78. The summed E-state index contributed by atoms with van der Waals surface area (Å²) in [6, 6.07) is 14.4. The van der Waals surface area contributed by atoms with Gasteiger partial charge in [-0.3, -0.25) is 0 Å². The molecule has 0 aliphatic heterocycles. The summed E-state index contributed by atoms with van der Waals surface area (Å²) in [6.45, 7) is 7.80. The molecule has 2 rings (SSSR count). The minimum absolute atomic E-state index is 0.493. The number of anilines is 1. The van der Waals surface area contributed by atoms with Crippen LogP contribution in [-0.2, 0) is 6.54 Å². The van der Waals surface area contributed by atoms with Gasteiger partial charge >= 0.3 is 0 Å². The summed E-state index contributed by atoms with van der Waals surface area (Å²) in [6.07, 6.45) is 0. The Labute approximate surface area is 133 Å². The van der Waals surface area contributed by atoms with Crippen molar-refractivity contribution in [2.45, 2.75) is 27.3 Å². The molecule has 3 heteroatoms. The predicted octanol–water partition coefficient (Wildman–Crippen LogP) is 4.65. The average molecular weight is 299 g/mol. The number of nitrogens with one attached hydrogen (secondary N) is 1.